The van der Waals surface area contributed by atoms with Crippen LogP contribution in [-0.4, -0.2) is 49.4 Å². The number of likely N-dealkylation sites (tertiary alicyclic amines) is 1. The van der Waals surface area contributed by atoms with E-state index < -0.39 is 11.6 Å². The molecule has 2 aromatic rings. The lowest BCUT2D eigenvalue weighted by atomic mass is 10.1. The van der Waals surface area contributed by atoms with E-state index in [1.165, 1.54) is 14.2 Å². The van der Waals surface area contributed by atoms with E-state index in [4.69, 9.17) is 18.9 Å². The maximum Gasteiger partial charge on any atom is 0.411 e. The van der Waals surface area contributed by atoms with Crippen LogP contribution in [0.15, 0.2) is 42.5 Å². The van der Waals surface area contributed by atoms with Crippen molar-refractivity contribution in [1.29, 1.82) is 0 Å². The molecule has 0 bridgehead atoms. The number of amides is 1. The van der Waals surface area contributed by atoms with Gasteiger partial charge in [0.2, 0.25) is 0 Å². The predicted octanol–water partition coefficient (Wildman–Crippen LogP) is 4.81. The Hall–Kier alpha value is -3.66. The summed E-state index contributed by atoms with van der Waals surface area (Å²) in [7, 11) is 2.82. The van der Waals surface area contributed by atoms with Gasteiger partial charge in [0.15, 0.2) is 11.5 Å². The largest absolute Gasteiger partial charge is 0.493 e. The molecule has 0 saturated carbocycles. The molecule has 1 saturated heterocycles. The third-order valence-electron chi connectivity index (χ3n) is 5.20. The number of ether oxygens (including phenoxy) is 4. The summed E-state index contributed by atoms with van der Waals surface area (Å²) in [6, 6.07) is 12.7. The third kappa shape index (κ3) is 6.44. The molecule has 2 aromatic carbocycles. The van der Waals surface area contributed by atoms with Gasteiger partial charge in [-0.15, -0.1) is 0 Å². The lowest BCUT2D eigenvalue weighted by Gasteiger charge is -2.26. The molecule has 0 aliphatic carbocycles. The van der Waals surface area contributed by atoms with Crippen molar-refractivity contribution in [2.24, 2.45) is 0 Å². The maximum absolute atomic E-state index is 12.6. The molecule has 1 heterocycles. The molecule has 0 unspecified atom stereocenters. The van der Waals surface area contributed by atoms with Crippen LogP contribution in [0, 0.1) is 11.8 Å². The van der Waals surface area contributed by atoms with Gasteiger partial charge in [-0.05, 0) is 45.2 Å². The molecular weight excluding hydrogens is 434 g/mol. The molecule has 180 valence electrons. The Kier molecular flexibility index (Phi) is 8.06. The molecule has 0 aromatic heterocycles. The zero-order chi connectivity index (χ0) is 24.7. The SMILES string of the molecule is COC(=O)c1cc(OC)c(OCc2ccccc2)cc1C#C[C@@H]1CCCN1C(=O)OC(C)(C)C. The van der Waals surface area contributed by atoms with Crippen LogP contribution in [0.1, 0.15) is 55.1 Å². The van der Waals surface area contributed by atoms with E-state index in [9.17, 15) is 9.59 Å². The van der Waals surface area contributed by atoms with Crippen LogP contribution in [0.3, 0.4) is 0 Å². The molecule has 0 spiro atoms. The van der Waals surface area contributed by atoms with Gasteiger partial charge in [-0.1, -0.05) is 42.2 Å². The summed E-state index contributed by atoms with van der Waals surface area (Å²) in [6.07, 6.45) is 1.17. The van der Waals surface area contributed by atoms with E-state index in [1.807, 2.05) is 51.1 Å². The summed E-state index contributed by atoms with van der Waals surface area (Å²) < 4.78 is 21.9. The molecule has 1 atom stereocenters. The van der Waals surface area contributed by atoms with Crippen molar-refractivity contribution in [1.82, 2.24) is 4.90 Å². The van der Waals surface area contributed by atoms with Crippen molar-refractivity contribution in [2.75, 3.05) is 20.8 Å². The smallest absolute Gasteiger partial charge is 0.411 e. The van der Waals surface area contributed by atoms with Crippen LogP contribution in [-0.2, 0) is 16.1 Å². The van der Waals surface area contributed by atoms with Gasteiger partial charge in [-0.3, -0.25) is 4.90 Å². The van der Waals surface area contributed by atoms with E-state index >= 15 is 0 Å². The summed E-state index contributed by atoms with van der Waals surface area (Å²) in [5.41, 5.74) is 1.11. The number of carbonyl (C=O) groups is 2. The van der Waals surface area contributed by atoms with Crippen LogP contribution in [0.5, 0.6) is 11.5 Å². The highest BCUT2D eigenvalue weighted by Crippen LogP contribution is 2.32. The molecule has 34 heavy (non-hydrogen) atoms. The first-order valence-corrected chi connectivity index (χ1v) is 11.2. The lowest BCUT2D eigenvalue weighted by molar-refractivity contribution is 0.0260. The van der Waals surface area contributed by atoms with Gasteiger partial charge in [-0.2, -0.15) is 0 Å². The number of hydrogen-bond acceptors (Lipinski definition) is 6. The van der Waals surface area contributed by atoms with Crippen molar-refractivity contribution in [3.8, 4) is 23.3 Å². The number of benzene rings is 2. The topological polar surface area (TPSA) is 74.3 Å². The molecule has 1 aliphatic heterocycles. The summed E-state index contributed by atoms with van der Waals surface area (Å²) in [6.45, 7) is 6.40. The van der Waals surface area contributed by atoms with Crippen molar-refractivity contribution in [3.05, 3.63) is 59.2 Å². The molecule has 7 heteroatoms. The van der Waals surface area contributed by atoms with E-state index in [-0.39, 0.29) is 17.7 Å². The number of rotatable bonds is 5. The lowest BCUT2D eigenvalue weighted by Crippen LogP contribution is -2.39. The van der Waals surface area contributed by atoms with Crippen molar-refractivity contribution < 1.29 is 28.5 Å². The minimum Gasteiger partial charge on any atom is -0.493 e. The Morgan fingerprint density at radius 3 is 2.47 bits per heavy atom. The maximum atomic E-state index is 12.6. The summed E-state index contributed by atoms with van der Waals surface area (Å²) in [5.74, 6) is 6.54. The minimum absolute atomic E-state index is 0.265. The van der Waals surface area contributed by atoms with Gasteiger partial charge in [0.05, 0.1) is 25.8 Å². The first-order valence-electron chi connectivity index (χ1n) is 11.2. The highest BCUT2D eigenvalue weighted by atomic mass is 16.6. The molecule has 3 rings (SSSR count). The van der Waals surface area contributed by atoms with Gasteiger partial charge >= 0.3 is 12.1 Å². The van der Waals surface area contributed by atoms with E-state index in [0.717, 1.165) is 18.4 Å². The Labute approximate surface area is 200 Å². The fourth-order valence-electron chi connectivity index (χ4n) is 3.57. The summed E-state index contributed by atoms with van der Waals surface area (Å²) in [5, 5.41) is 0. The number of carbonyl (C=O) groups excluding carboxylic acids is 2. The van der Waals surface area contributed by atoms with Gasteiger partial charge in [0.25, 0.3) is 0 Å². The molecule has 1 amide bonds. The fraction of sp³-hybridized carbons (Fsp3) is 0.407. The Morgan fingerprint density at radius 2 is 1.82 bits per heavy atom. The molecule has 7 nitrogen and oxygen atoms in total. The van der Waals surface area contributed by atoms with Gasteiger partial charge in [0, 0.05) is 18.2 Å². The number of esters is 1. The summed E-state index contributed by atoms with van der Waals surface area (Å²) >= 11 is 0. The highest BCUT2D eigenvalue weighted by Gasteiger charge is 2.31. The Bertz CT molecular complexity index is 1080. The van der Waals surface area contributed by atoms with Crippen LogP contribution < -0.4 is 9.47 Å². The van der Waals surface area contributed by atoms with E-state index in [1.54, 1.807) is 17.0 Å². The van der Waals surface area contributed by atoms with Gasteiger partial charge < -0.3 is 18.9 Å². The van der Waals surface area contributed by atoms with Crippen LogP contribution in [0.25, 0.3) is 0 Å². The zero-order valence-corrected chi connectivity index (χ0v) is 20.3. The second-order valence-corrected chi connectivity index (χ2v) is 8.92. The van der Waals surface area contributed by atoms with E-state index in [2.05, 4.69) is 11.8 Å². The first-order chi connectivity index (χ1) is 16.2. The second kappa shape index (κ2) is 11.0. The van der Waals surface area contributed by atoms with Gasteiger partial charge in [-0.25, -0.2) is 9.59 Å². The number of nitrogens with zero attached hydrogens (tertiary/aromatic N) is 1. The minimum atomic E-state index is -0.587. The first kappa shape index (κ1) is 25.0. The number of methoxy groups -OCH3 is 2. The molecule has 1 aliphatic rings. The quantitative estimate of drug-likeness (QED) is 0.466. The zero-order valence-electron chi connectivity index (χ0n) is 20.3. The third-order valence-corrected chi connectivity index (χ3v) is 5.20. The molecule has 0 N–H and O–H groups in total. The Morgan fingerprint density at radius 1 is 1.09 bits per heavy atom. The van der Waals surface area contributed by atoms with Crippen LogP contribution in [0.2, 0.25) is 0 Å². The molecule has 1 fully saturated rings. The van der Waals surface area contributed by atoms with Crippen molar-refractivity contribution in [2.45, 2.75) is 51.9 Å². The van der Waals surface area contributed by atoms with Crippen molar-refractivity contribution in [3.63, 3.8) is 0 Å². The average Bonchev–Trinajstić information content (AvgIpc) is 3.29. The monoisotopic (exact) mass is 465 g/mol. The summed E-state index contributed by atoms with van der Waals surface area (Å²) in [4.78, 5) is 26.7. The normalized spacial score (nSPS) is 15.2. The van der Waals surface area contributed by atoms with Crippen LogP contribution in [0.4, 0.5) is 4.79 Å². The number of hydrogen-bond donors (Lipinski definition) is 0. The highest BCUT2D eigenvalue weighted by molar-refractivity contribution is 5.93. The average molecular weight is 466 g/mol. The molecule has 0 radical (unpaired) electrons. The molecular formula is C27H31NO6. The van der Waals surface area contributed by atoms with E-state index in [0.29, 0.717) is 30.2 Å². The van der Waals surface area contributed by atoms with Crippen LogP contribution >= 0.6 is 0 Å². The van der Waals surface area contributed by atoms with Crippen molar-refractivity contribution >= 4 is 12.1 Å². The predicted molar refractivity (Wildman–Crippen MR) is 128 cm³/mol. The van der Waals surface area contributed by atoms with Gasteiger partial charge in [0.1, 0.15) is 12.2 Å². The second-order valence-electron chi connectivity index (χ2n) is 8.92. The standard InChI is InChI=1S/C27H31NO6/c1-27(2,3)34-26(30)28-15-9-12-21(28)14-13-20-16-24(33-18-19-10-7-6-8-11-19)23(31-4)17-22(20)25(29)32-5/h6-8,10-11,16-17,21H,9,12,15,18H2,1-5H3/t21-/m0/s1. The fourth-order valence-corrected chi connectivity index (χ4v) is 3.57. The Balaban J connectivity index is 1.90.